The summed E-state index contributed by atoms with van der Waals surface area (Å²) in [5, 5.41) is 11.1. The maximum atomic E-state index is 12.8. The first-order valence-corrected chi connectivity index (χ1v) is 9.53. The highest BCUT2D eigenvalue weighted by atomic mass is 16.5. The molecular formula is C20H22N4O5. The van der Waals surface area contributed by atoms with Crippen LogP contribution in [0.4, 0.5) is 0 Å². The van der Waals surface area contributed by atoms with Gasteiger partial charge in [-0.3, -0.25) is 9.59 Å². The molecule has 1 aliphatic rings. The van der Waals surface area contributed by atoms with Gasteiger partial charge in [0.1, 0.15) is 11.7 Å². The Labute approximate surface area is 166 Å². The SMILES string of the molecule is Cc1cc(-c2cc(=O)n([C@@H](C)C(=O)NC[C@H]3CCCO3)nc2-c2ccco2)on1. The average molecular weight is 398 g/mol. The molecule has 3 aromatic rings. The highest BCUT2D eigenvalue weighted by Gasteiger charge is 2.24. The summed E-state index contributed by atoms with van der Waals surface area (Å²) >= 11 is 0. The first-order valence-electron chi connectivity index (χ1n) is 9.53. The summed E-state index contributed by atoms with van der Waals surface area (Å²) in [4.78, 5) is 25.3. The Kier molecular flexibility index (Phi) is 5.30. The van der Waals surface area contributed by atoms with Gasteiger partial charge in [0.25, 0.3) is 5.56 Å². The highest BCUT2D eigenvalue weighted by Crippen LogP contribution is 2.30. The lowest BCUT2D eigenvalue weighted by atomic mass is 10.1. The lowest BCUT2D eigenvalue weighted by Gasteiger charge is -2.17. The normalized spacial score (nSPS) is 17.4. The van der Waals surface area contributed by atoms with Crippen LogP contribution in [0.15, 0.2) is 44.3 Å². The molecule has 4 heterocycles. The van der Waals surface area contributed by atoms with Crippen molar-refractivity contribution in [3.8, 4) is 22.8 Å². The van der Waals surface area contributed by atoms with Crippen molar-refractivity contribution < 1.29 is 18.5 Å². The zero-order valence-corrected chi connectivity index (χ0v) is 16.3. The van der Waals surface area contributed by atoms with Crippen LogP contribution in [0.25, 0.3) is 22.8 Å². The lowest BCUT2D eigenvalue weighted by Crippen LogP contribution is -2.40. The summed E-state index contributed by atoms with van der Waals surface area (Å²) in [5.41, 5.74) is 1.10. The van der Waals surface area contributed by atoms with E-state index in [-0.39, 0.29) is 12.0 Å². The van der Waals surface area contributed by atoms with Gasteiger partial charge in [-0.05, 0) is 38.8 Å². The standard InChI is InChI=1S/C20H22N4O5/c1-12-9-17(29-23-12)15-10-18(25)24(22-19(15)16-6-4-8-28-16)13(2)20(26)21-11-14-5-3-7-27-14/h4,6,8-10,13-14H,3,5,7,11H2,1-2H3,(H,21,26)/t13-,14+/m0/s1. The fourth-order valence-corrected chi connectivity index (χ4v) is 3.30. The van der Waals surface area contributed by atoms with Gasteiger partial charge in [-0.15, -0.1) is 0 Å². The number of nitrogens with one attached hydrogen (secondary N) is 1. The van der Waals surface area contributed by atoms with Crippen molar-refractivity contribution in [1.82, 2.24) is 20.3 Å². The molecule has 152 valence electrons. The van der Waals surface area contributed by atoms with Gasteiger partial charge in [0, 0.05) is 25.3 Å². The molecule has 1 amide bonds. The molecule has 0 radical (unpaired) electrons. The van der Waals surface area contributed by atoms with E-state index in [1.807, 2.05) is 0 Å². The van der Waals surface area contributed by atoms with Crippen LogP contribution in [0.1, 0.15) is 31.5 Å². The molecule has 0 unspecified atom stereocenters. The smallest absolute Gasteiger partial charge is 0.268 e. The van der Waals surface area contributed by atoms with Crippen molar-refractivity contribution >= 4 is 5.91 Å². The maximum absolute atomic E-state index is 12.8. The fourth-order valence-electron chi connectivity index (χ4n) is 3.30. The quantitative estimate of drug-likeness (QED) is 0.678. The van der Waals surface area contributed by atoms with Crippen LogP contribution in [0.2, 0.25) is 0 Å². The molecule has 0 aliphatic carbocycles. The Morgan fingerprint density at radius 3 is 2.90 bits per heavy atom. The first-order chi connectivity index (χ1) is 14.0. The minimum absolute atomic E-state index is 0.0200. The second-order valence-corrected chi connectivity index (χ2v) is 7.06. The number of ether oxygens (including phenoxy) is 1. The van der Waals surface area contributed by atoms with Gasteiger partial charge >= 0.3 is 0 Å². The Morgan fingerprint density at radius 1 is 1.38 bits per heavy atom. The van der Waals surface area contributed by atoms with Gasteiger partial charge < -0.3 is 19.0 Å². The molecule has 0 spiro atoms. The number of amides is 1. The van der Waals surface area contributed by atoms with E-state index < -0.39 is 11.6 Å². The second-order valence-electron chi connectivity index (χ2n) is 7.06. The molecule has 9 nitrogen and oxygen atoms in total. The van der Waals surface area contributed by atoms with Crippen LogP contribution >= 0.6 is 0 Å². The predicted octanol–water partition coefficient (Wildman–Crippen LogP) is 2.32. The van der Waals surface area contributed by atoms with Crippen molar-refractivity contribution in [2.24, 2.45) is 0 Å². The molecule has 9 heteroatoms. The van der Waals surface area contributed by atoms with E-state index >= 15 is 0 Å². The van der Waals surface area contributed by atoms with Crippen molar-refractivity contribution in [3.05, 3.63) is 46.6 Å². The van der Waals surface area contributed by atoms with Crippen molar-refractivity contribution in [1.29, 1.82) is 0 Å². The molecule has 3 aromatic heterocycles. The number of hydrogen-bond donors (Lipinski definition) is 1. The van der Waals surface area contributed by atoms with E-state index in [0.717, 1.165) is 17.5 Å². The Hall–Kier alpha value is -3.20. The topological polar surface area (TPSA) is 112 Å². The van der Waals surface area contributed by atoms with Gasteiger partial charge in [0.2, 0.25) is 5.91 Å². The van der Waals surface area contributed by atoms with E-state index in [1.54, 1.807) is 32.0 Å². The van der Waals surface area contributed by atoms with Gasteiger partial charge in [0.15, 0.2) is 11.5 Å². The molecule has 0 bridgehead atoms. The number of hydrogen-bond acceptors (Lipinski definition) is 7. The number of aromatic nitrogens is 3. The molecule has 1 aliphatic heterocycles. The number of rotatable bonds is 6. The molecule has 1 N–H and O–H groups in total. The molecular weight excluding hydrogens is 376 g/mol. The monoisotopic (exact) mass is 398 g/mol. The van der Waals surface area contributed by atoms with Crippen LogP contribution < -0.4 is 10.9 Å². The summed E-state index contributed by atoms with van der Waals surface area (Å²) in [6.07, 6.45) is 3.44. The molecule has 2 atom stereocenters. The van der Waals surface area contributed by atoms with Crippen LogP contribution in [0.5, 0.6) is 0 Å². The summed E-state index contributed by atoms with van der Waals surface area (Å²) < 4.78 is 17.5. The average Bonchev–Trinajstić information content (AvgIpc) is 3.47. The Balaban J connectivity index is 1.66. The highest BCUT2D eigenvalue weighted by molar-refractivity contribution is 5.80. The second kappa shape index (κ2) is 8.04. The third-order valence-electron chi connectivity index (χ3n) is 4.88. The number of carbonyl (C=O) groups excluding carboxylic acids is 1. The largest absolute Gasteiger partial charge is 0.463 e. The van der Waals surface area contributed by atoms with E-state index in [4.69, 9.17) is 13.7 Å². The zero-order valence-electron chi connectivity index (χ0n) is 16.3. The van der Waals surface area contributed by atoms with Gasteiger partial charge in [-0.1, -0.05) is 5.16 Å². The summed E-state index contributed by atoms with van der Waals surface area (Å²) in [6.45, 7) is 4.54. The number of carbonyl (C=O) groups is 1. The number of furan rings is 1. The lowest BCUT2D eigenvalue weighted by molar-refractivity contribution is -0.124. The summed E-state index contributed by atoms with van der Waals surface area (Å²) in [7, 11) is 0. The zero-order chi connectivity index (χ0) is 20.4. The van der Waals surface area contributed by atoms with E-state index in [0.29, 0.717) is 41.6 Å². The molecule has 0 saturated carbocycles. The summed E-state index contributed by atoms with van der Waals surface area (Å²) in [6, 6.07) is 5.74. The van der Waals surface area contributed by atoms with Crippen molar-refractivity contribution in [2.75, 3.05) is 13.2 Å². The third-order valence-corrected chi connectivity index (χ3v) is 4.88. The van der Waals surface area contributed by atoms with E-state index in [9.17, 15) is 9.59 Å². The maximum Gasteiger partial charge on any atom is 0.268 e. The van der Waals surface area contributed by atoms with Crippen molar-refractivity contribution in [3.63, 3.8) is 0 Å². The fraction of sp³-hybridized carbons (Fsp3) is 0.400. The van der Waals surface area contributed by atoms with Crippen LogP contribution in [0, 0.1) is 6.92 Å². The molecule has 0 aromatic carbocycles. The van der Waals surface area contributed by atoms with Crippen molar-refractivity contribution in [2.45, 2.75) is 38.8 Å². The molecule has 29 heavy (non-hydrogen) atoms. The van der Waals surface area contributed by atoms with Crippen LogP contribution in [0.3, 0.4) is 0 Å². The number of nitrogens with zero attached hydrogens (tertiary/aromatic N) is 3. The number of aryl methyl sites for hydroxylation is 1. The van der Waals surface area contributed by atoms with E-state index in [2.05, 4.69) is 15.6 Å². The van der Waals surface area contributed by atoms with Gasteiger partial charge in [-0.2, -0.15) is 5.10 Å². The Morgan fingerprint density at radius 2 is 2.24 bits per heavy atom. The Bertz CT molecular complexity index is 1050. The molecule has 1 fully saturated rings. The third kappa shape index (κ3) is 4.00. The predicted molar refractivity (Wildman–Crippen MR) is 103 cm³/mol. The minimum atomic E-state index is -0.803. The van der Waals surface area contributed by atoms with E-state index in [1.165, 1.54) is 12.3 Å². The minimum Gasteiger partial charge on any atom is -0.463 e. The van der Waals surface area contributed by atoms with Gasteiger partial charge in [-0.25, -0.2) is 4.68 Å². The molecule has 4 rings (SSSR count). The first kappa shape index (κ1) is 19.1. The van der Waals surface area contributed by atoms with Gasteiger partial charge in [0.05, 0.1) is 23.6 Å². The van der Waals surface area contributed by atoms with Crippen LogP contribution in [-0.2, 0) is 9.53 Å². The summed E-state index contributed by atoms with van der Waals surface area (Å²) in [5.74, 6) is 0.555. The van der Waals surface area contributed by atoms with Crippen LogP contribution in [-0.4, -0.2) is 40.1 Å². The molecule has 1 saturated heterocycles.